The first-order valence-electron chi connectivity index (χ1n) is 6.23. The lowest BCUT2D eigenvalue weighted by atomic mass is 10.2. The number of methoxy groups -OCH3 is 1. The van der Waals surface area contributed by atoms with Gasteiger partial charge in [0, 0.05) is 24.5 Å². The summed E-state index contributed by atoms with van der Waals surface area (Å²) in [7, 11) is 3.43. The largest absolute Gasteiger partial charge is 0.496 e. The Bertz CT molecular complexity index is 583. The van der Waals surface area contributed by atoms with Crippen LogP contribution in [0.25, 0.3) is 0 Å². The molecule has 20 heavy (non-hydrogen) atoms. The number of benzene rings is 1. The quantitative estimate of drug-likeness (QED) is 0.855. The number of hydrogen-bond donors (Lipinski definition) is 2. The van der Waals surface area contributed by atoms with Gasteiger partial charge in [0.1, 0.15) is 5.75 Å². The summed E-state index contributed by atoms with van der Waals surface area (Å²) in [4.78, 5) is 16.2. The second kappa shape index (κ2) is 6.91. The average Bonchev–Trinajstić information content (AvgIpc) is 2.93. The first-order chi connectivity index (χ1) is 9.72. The maximum atomic E-state index is 11.9. The molecular formula is C14H17N3O2S. The molecule has 1 aromatic carbocycles. The molecule has 0 aliphatic carbocycles. The van der Waals surface area contributed by atoms with E-state index < -0.39 is 0 Å². The third kappa shape index (κ3) is 3.71. The standard InChI is InChI=1S/C14H17N3O2S/c1-15-14-17-11(9-20-14)7-13(18)16-8-10-5-3-4-6-12(10)19-2/h3-6,9H,7-8H2,1-2H3,(H,15,17)(H,16,18). The van der Waals surface area contributed by atoms with Crippen LogP contribution in [0.1, 0.15) is 11.3 Å². The van der Waals surface area contributed by atoms with Crippen molar-refractivity contribution in [3.8, 4) is 5.75 Å². The van der Waals surface area contributed by atoms with Gasteiger partial charge >= 0.3 is 0 Å². The van der Waals surface area contributed by atoms with Crippen molar-refractivity contribution in [1.82, 2.24) is 10.3 Å². The Labute approximate surface area is 122 Å². The SMILES string of the molecule is CNc1nc(CC(=O)NCc2ccccc2OC)cs1. The number of amides is 1. The number of nitrogens with zero attached hydrogens (tertiary/aromatic N) is 1. The van der Waals surface area contributed by atoms with Crippen LogP contribution in [0.3, 0.4) is 0 Å². The zero-order valence-electron chi connectivity index (χ0n) is 11.5. The summed E-state index contributed by atoms with van der Waals surface area (Å²) < 4.78 is 5.24. The third-order valence-corrected chi connectivity index (χ3v) is 3.68. The van der Waals surface area contributed by atoms with Crippen LogP contribution in [0.15, 0.2) is 29.6 Å². The molecule has 2 rings (SSSR count). The topological polar surface area (TPSA) is 63.2 Å². The lowest BCUT2D eigenvalue weighted by Crippen LogP contribution is -2.24. The number of thiazole rings is 1. The Balaban J connectivity index is 1.88. The monoisotopic (exact) mass is 291 g/mol. The molecule has 2 N–H and O–H groups in total. The van der Waals surface area contributed by atoms with Crippen molar-refractivity contribution >= 4 is 22.4 Å². The number of aromatic nitrogens is 1. The number of carbonyl (C=O) groups excluding carboxylic acids is 1. The Hall–Kier alpha value is -2.08. The van der Waals surface area contributed by atoms with Gasteiger partial charge in [-0.1, -0.05) is 18.2 Å². The van der Waals surface area contributed by atoms with Crippen molar-refractivity contribution in [2.45, 2.75) is 13.0 Å². The smallest absolute Gasteiger partial charge is 0.226 e. The van der Waals surface area contributed by atoms with Crippen molar-refractivity contribution < 1.29 is 9.53 Å². The van der Waals surface area contributed by atoms with Gasteiger partial charge in [-0.25, -0.2) is 4.98 Å². The molecule has 106 valence electrons. The van der Waals surface area contributed by atoms with E-state index in [1.165, 1.54) is 11.3 Å². The van der Waals surface area contributed by atoms with E-state index in [1.54, 1.807) is 7.11 Å². The van der Waals surface area contributed by atoms with Gasteiger partial charge in [0.25, 0.3) is 0 Å². The van der Waals surface area contributed by atoms with Crippen molar-refractivity contribution in [2.75, 3.05) is 19.5 Å². The van der Waals surface area contributed by atoms with Crippen molar-refractivity contribution in [2.24, 2.45) is 0 Å². The molecule has 0 radical (unpaired) electrons. The van der Waals surface area contributed by atoms with Crippen LogP contribution in [0, 0.1) is 0 Å². The number of rotatable bonds is 6. The normalized spacial score (nSPS) is 10.1. The number of para-hydroxylation sites is 1. The van der Waals surface area contributed by atoms with Gasteiger partial charge in [0.2, 0.25) is 5.91 Å². The first-order valence-corrected chi connectivity index (χ1v) is 7.11. The molecule has 1 amide bonds. The Morgan fingerprint density at radius 3 is 2.90 bits per heavy atom. The minimum absolute atomic E-state index is 0.0520. The van der Waals surface area contributed by atoms with Gasteiger partial charge in [0.15, 0.2) is 5.13 Å². The maximum Gasteiger partial charge on any atom is 0.226 e. The Morgan fingerprint density at radius 1 is 1.40 bits per heavy atom. The minimum Gasteiger partial charge on any atom is -0.496 e. The van der Waals surface area contributed by atoms with E-state index in [9.17, 15) is 4.79 Å². The van der Waals surface area contributed by atoms with Crippen LogP contribution in [0.4, 0.5) is 5.13 Å². The summed E-state index contributed by atoms with van der Waals surface area (Å²) in [5, 5.41) is 8.53. The maximum absolute atomic E-state index is 11.9. The van der Waals surface area contributed by atoms with E-state index in [1.807, 2.05) is 36.7 Å². The van der Waals surface area contributed by atoms with Crippen LogP contribution < -0.4 is 15.4 Å². The van der Waals surface area contributed by atoms with E-state index in [-0.39, 0.29) is 12.3 Å². The highest BCUT2D eigenvalue weighted by atomic mass is 32.1. The van der Waals surface area contributed by atoms with Crippen LogP contribution in [0.2, 0.25) is 0 Å². The highest BCUT2D eigenvalue weighted by Crippen LogP contribution is 2.17. The molecule has 0 unspecified atom stereocenters. The summed E-state index contributed by atoms with van der Waals surface area (Å²) in [5.41, 5.74) is 1.73. The van der Waals surface area contributed by atoms with E-state index in [0.29, 0.717) is 6.54 Å². The lowest BCUT2D eigenvalue weighted by molar-refractivity contribution is -0.120. The zero-order chi connectivity index (χ0) is 14.4. The predicted molar refractivity (Wildman–Crippen MR) is 80.2 cm³/mol. The molecule has 0 fully saturated rings. The molecule has 0 spiro atoms. The predicted octanol–water partition coefficient (Wildman–Crippen LogP) is 2.05. The zero-order valence-corrected chi connectivity index (χ0v) is 12.3. The number of ether oxygens (including phenoxy) is 1. The lowest BCUT2D eigenvalue weighted by Gasteiger charge is -2.09. The average molecular weight is 291 g/mol. The first kappa shape index (κ1) is 14.3. The number of hydrogen-bond acceptors (Lipinski definition) is 5. The molecule has 1 aromatic heterocycles. The van der Waals surface area contributed by atoms with E-state index in [0.717, 1.165) is 22.1 Å². The van der Waals surface area contributed by atoms with E-state index in [2.05, 4.69) is 15.6 Å². The van der Waals surface area contributed by atoms with Gasteiger partial charge in [-0.05, 0) is 6.07 Å². The summed E-state index contributed by atoms with van der Waals surface area (Å²) in [6.07, 6.45) is 0.285. The van der Waals surface area contributed by atoms with Crippen LogP contribution in [0.5, 0.6) is 5.75 Å². The molecule has 6 heteroatoms. The van der Waals surface area contributed by atoms with Gasteiger partial charge in [-0.2, -0.15) is 0 Å². The van der Waals surface area contributed by atoms with Crippen LogP contribution in [-0.4, -0.2) is 25.0 Å². The third-order valence-electron chi connectivity index (χ3n) is 2.78. The highest BCUT2D eigenvalue weighted by molar-refractivity contribution is 7.13. The van der Waals surface area contributed by atoms with E-state index >= 15 is 0 Å². The molecule has 0 aliphatic heterocycles. The molecule has 0 saturated heterocycles. The summed E-state index contributed by atoms with van der Waals surface area (Å²) in [6.45, 7) is 0.450. The molecule has 5 nitrogen and oxygen atoms in total. The molecular weight excluding hydrogens is 274 g/mol. The molecule has 0 saturated carbocycles. The van der Waals surface area contributed by atoms with Gasteiger partial charge in [-0.3, -0.25) is 4.79 Å². The van der Waals surface area contributed by atoms with Gasteiger partial charge in [0.05, 0.1) is 19.2 Å². The van der Waals surface area contributed by atoms with Crippen LogP contribution >= 0.6 is 11.3 Å². The fourth-order valence-electron chi connectivity index (χ4n) is 1.77. The number of nitrogens with one attached hydrogen (secondary N) is 2. The van der Waals surface area contributed by atoms with Crippen LogP contribution in [-0.2, 0) is 17.8 Å². The minimum atomic E-state index is -0.0520. The number of carbonyl (C=O) groups is 1. The second-order valence-corrected chi connectivity index (χ2v) is 5.02. The molecule has 2 aromatic rings. The fourth-order valence-corrected chi connectivity index (χ4v) is 2.44. The molecule has 0 atom stereocenters. The molecule has 0 bridgehead atoms. The fraction of sp³-hybridized carbons (Fsp3) is 0.286. The Morgan fingerprint density at radius 2 is 2.20 bits per heavy atom. The van der Waals surface area contributed by atoms with Crippen molar-refractivity contribution in [1.29, 1.82) is 0 Å². The van der Waals surface area contributed by atoms with E-state index in [4.69, 9.17) is 4.74 Å². The van der Waals surface area contributed by atoms with Gasteiger partial charge in [-0.15, -0.1) is 11.3 Å². The highest BCUT2D eigenvalue weighted by Gasteiger charge is 2.08. The molecule has 1 heterocycles. The molecule has 0 aliphatic rings. The Kier molecular flexibility index (Phi) is 4.95. The summed E-state index contributed by atoms with van der Waals surface area (Å²) in [6, 6.07) is 7.63. The second-order valence-electron chi connectivity index (χ2n) is 4.16. The van der Waals surface area contributed by atoms with Crippen molar-refractivity contribution in [3.63, 3.8) is 0 Å². The van der Waals surface area contributed by atoms with Crippen molar-refractivity contribution in [3.05, 3.63) is 40.9 Å². The van der Waals surface area contributed by atoms with Gasteiger partial charge < -0.3 is 15.4 Å². The summed E-state index contributed by atoms with van der Waals surface area (Å²) >= 11 is 1.49. The summed E-state index contributed by atoms with van der Waals surface area (Å²) in [5.74, 6) is 0.725. The number of anilines is 1.